The summed E-state index contributed by atoms with van der Waals surface area (Å²) in [5, 5.41) is 4.43. The first-order valence-corrected chi connectivity index (χ1v) is 11.3. The van der Waals surface area contributed by atoms with Gasteiger partial charge >= 0.3 is 0 Å². The molecule has 1 aliphatic heterocycles. The summed E-state index contributed by atoms with van der Waals surface area (Å²) < 4.78 is 6.10. The lowest BCUT2D eigenvalue weighted by atomic mass is 9.93. The van der Waals surface area contributed by atoms with E-state index in [1.807, 2.05) is 43.0 Å². The summed E-state index contributed by atoms with van der Waals surface area (Å²) >= 11 is 12.3. The highest BCUT2D eigenvalue weighted by molar-refractivity contribution is 6.35. The van der Waals surface area contributed by atoms with Crippen molar-refractivity contribution in [1.82, 2.24) is 0 Å². The average Bonchev–Trinajstić information content (AvgIpc) is 2.76. The molecule has 1 fully saturated rings. The number of benzene rings is 3. The highest BCUT2D eigenvalue weighted by atomic mass is 35.5. The first-order valence-electron chi connectivity index (χ1n) is 10.6. The second-order valence-corrected chi connectivity index (χ2v) is 9.08. The lowest BCUT2D eigenvalue weighted by Gasteiger charge is -2.47. The van der Waals surface area contributed by atoms with Crippen molar-refractivity contribution in [3.05, 3.63) is 86.9 Å². The molecule has 166 valence electrons. The number of hydrogen-bond acceptors (Lipinski definition) is 3. The van der Waals surface area contributed by atoms with Crippen LogP contribution in [0.5, 0.6) is 5.75 Å². The topological polar surface area (TPSA) is 41.6 Å². The Hall–Kier alpha value is -2.69. The van der Waals surface area contributed by atoms with Gasteiger partial charge < -0.3 is 10.1 Å². The lowest BCUT2D eigenvalue weighted by Crippen LogP contribution is -2.69. The zero-order valence-corrected chi connectivity index (χ0v) is 20.1. The molecule has 1 aliphatic rings. The van der Waals surface area contributed by atoms with Crippen molar-refractivity contribution in [2.45, 2.75) is 39.8 Å². The molecule has 0 unspecified atom stereocenters. The molecule has 1 heterocycles. The van der Waals surface area contributed by atoms with Crippen LogP contribution in [0.25, 0.3) is 0 Å². The van der Waals surface area contributed by atoms with Gasteiger partial charge in [0.1, 0.15) is 11.8 Å². The number of ether oxygens (including phenoxy) is 1. The van der Waals surface area contributed by atoms with Crippen LogP contribution in [0.3, 0.4) is 0 Å². The maximum absolute atomic E-state index is 13.3. The van der Waals surface area contributed by atoms with Gasteiger partial charge in [-0.1, -0.05) is 47.5 Å². The molecule has 1 amide bonds. The molecule has 4 nitrogen and oxygen atoms in total. The number of nitrogens with zero attached hydrogens (tertiary/aromatic N) is 1. The van der Waals surface area contributed by atoms with E-state index in [4.69, 9.17) is 27.9 Å². The molecule has 1 saturated heterocycles. The van der Waals surface area contributed by atoms with E-state index in [-0.39, 0.29) is 11.9 Å². The van der Waals surface area contributed by atoms with E-state index in [2.05, 4.69) is 31.3 Å². The Labute approximate surface area is 199 Å². The van der Waals surface area contributed by atoms with Gasteiger partial charge in [-0.15, -0.1) is 0 Å². The third-order valence-corrected chi connectivity index (χ3v) is 6.78. The fourth-order valence-electron chi connectivity index (χ4n) is 4.00. The molecule has 0 bridgehead atoms. The molecular formula is C26H26Cl2N2O2. The number of carbonyl (C=O) groups is 1. The molecule has 6 heteroatoms. The van der Waals surface area contributed by atoms with Crippen molar-refractivity contribution in [2.75, 3.05) is 16.8 Å². The van der Waals surface area contributed by atoms with Gasteiger partial charge in [0.15, 0.2) is 6.10 Å². The number of hydrogen-bond donors (Lipinski definition) is 1. The summed E-state index contributed by atoms with van der Waals surface area (Å²) in [6.07, 6.45) is -0.647. The number of carbonyl (C=O) groups excluding carboxylic acids is 1. The Morgan fingerprint density at radius 3 is 2.34 bits per heavy atom. The molecule has 1 N–H and O–H groups in total. The second-order valence-electron chi connectivity index (χ2n) is 8.24. The van der Waals surface area contributed by atoms with Crippen LogP contribution in [-0.4, -0.2) is 24.6 Å². The highest BCUT2D eigenvalue weighted by Crippen LogP contribution is 2.37. The summed E-state index contributed by atoms with van der Waals surface area (Å²) in [7, 11) is 0. The fourth-order valence-corrected chi connectivity index (χ4v) is 4.46. The molecule has 0 radical (unpaired) electrons. The summed E-state index contributed by atoms with van der Waals surface area (Å²) in [5.74, 6) is 0.365. The molecule has 3 aromatic rings. The SMILES string of the molecule is Cc1cccc(NC[C@H]2[C@H](Oc3ccc(Cl)cc3Cl)C(=O)N2c2cccc(C)c2C)c1C. The van der Waals surface area contributed by atoms with Gasteiger partial charge in [-0.05, 0) is 80.3 Å². The van der Waals surface area contributed by atoms with Crippen LogP contribution in [0.2, 0.25) is 10.0 Å². The molecule has 4 rings (SSSR count). The van der Waals surface area contributed by atoms with E-state index < -0.39 is 6.10 Å². The largest absolute Gasteiger partial charge is 0.477 e. The zero-order valence-electron chi connectivity index (χ0n) is 18.6. The molecule has 0 saturated carbocycles. The minimum Gasteiger partial charge on any atom is -0.477 e. The van der Waals surface area contributed by atoms with Crippen molar-refractivity contribution < 1.29 is 9.53 Å². The van der Waals surface area contributed by atoms with E-state index in [0.717, 1.165) is 22.5 Å². The molecule has 3 aromatic carbocycles. The smallest absolute Gasteiger partial charge is 0.270 e. The normalized spacial score (nSPS) is 17.8. The van der Waals surface area contributed by atoms with E-state index in [1.165, 1.54) is 11.1 Å². The van der Waals surface area contributed by atoms with Crippen molar-refractivity contribution in [2.24, 2.45) is 0 Å². The van der Waals surface area contributed by atoms with E-state index in [0.29, 0.717) is 22.3 Å². The van der Waals surface area contributed by atoms with Gasteiger partial charge in [0.05, 0.1) is 5.02 Å². The van der Waals surface area contributed by atoms with E-state index in [9.17, 15) is 4.79 Å². The van der Waals surface area contributed by atoms with E-state index >= 15 is 0 Å². The van der Waals surface area contributed by atoms with Crippen molar-refractivity contribution in [3.8, 4) is 5.75 Å². The molecule has 0 aliphatic carbocycles. The Balaban J connectivity index is 1.63. The van der Waals surface area contributed by atoms with Crippen molar-refractivity contribution in [1.29, 1.82) is 0 Å². The van der Waals surface area contributed by atoms with Crippen LogP contribution in [0.15, 0.2) is 54.6 Å². The van der Waals surface area contributed by atoms with Crippen LogP contribution in [-0.2, 0) is 4.79 Å². The van der Waals surface area contributed by atoms with Crippen molar-refractivity contribution >= 4 is 40.5 Å². The first-order chi connectivity index (χ1) is 15.3. The minimum absolute atomic E-state index is 0.0857. The zero-order chi connectivity index (χ0) is 23.0. The molecule has 0 spiro atoms. The van der Waals surface area contributed by atoms with Gasteiger partial charge in [-0.25, -0.2) is 0 Å². The van der Waals surface area contributed by atoms with Gasteiger partial charge in [-0.3, -0.25) is 9.69 Å². The molecule has 2 atom stereocenters. The number of rotatable bonds is 6. The Morgan fingerprint density at radius 2 is 1.62 bits per heavy atom. The van der Waals surface area contributed by atoms with Crippen LogP contribution >= 0.6 is 23.2 Å². The van der Waals surface area contributed by atoms with Gasteiger partial charge in [0.2, 0.25) is 0 Å². The maximum atomic E-state index is 13.3. The van der Waals surface area contributed by atoms with Gasteiger partial charge in [0.25, 0.3) is 5.91 Å². The maximum Gasteiger partial charge on any atom is 0.270 e. The second kappa shape index (κ2) is 9.05. The Bertz CT molecular complexity index is 1180. The Morgan fingerprint density at radius 1 is 0.938 bits per heavy atom. The first kappa shape index (κ1) is 22.5. The Kier molecular flexibility index (Phi) is 6.36. The van der Waals surface area contributed by atoms with Crippen LogP contribution < -0.4 is 15.0 Å². The van der Waals surface area contributed by atoms with Crippen LogP contribution in [0.1, 0.15) is 22.3 Å². The average molecular weight is 469 g/mol. The number of nitrogens with one attached hydrogen (secondary N) is 1. The van der Waals surface area contributed by atoms with Crippen LogP contribution in [0.4, 0.5) is 11.4 Å². The summed E-state index contributed by atoms with van der Waals surface area (Å²) in [6, 6.07) is 17.0. The molecule has 32 heavy (non-hydrogen) atoms. The summed E-state index contributed by atoms with van der Waals surface area (Å²) in [6.45, 7) is 8.81. The van der Waals surface area contributed by atoms with E-state index in [1.54, 1.807) is 18.2 Å². The fraction of sp³-hybridized carbons (Fsp3) is 0.269. The van der Waals surface area contributed by atoms with Crippen molar-refractivity contribution in [3.63, 3.8) is 0 Å². The monoisotopic (exact) mass is 468 g/mol. The standard InChI is InChI=1S/C26H26Cl2N2O2/c1-15-7-5-9-21(17(15)3)29-14-23-25(32-24-12-11-19(27)13-20(24)28)26(31)30(23)22-10-6-8-16(2)18(22)4/h5-13,23,25,29H,14H2,1-4H3/t23-,25-/m0/s1. The van der Waals surface area contributed by atoms with Gasteiger partial charge in [-0.2, -0.15) is 0 Å². The highest BCUT2D eigenvalue weighted by Gasteiger charge is 2.50. The molecule has 0 aromatic heterocycles. The number of aryl methyl sites for hydroxylation is 2. The number of amides is 1. The number of β-lactam (4-membered cyclic amide) rings is 1. The lowest BCUT2D eigenvalue weighted by molar-refractivity contribution is -0.134. The number of anilines is 2. The van der Waals surface area contributed by atoms with Gasteiger partial charge in [0, 0.05) is 22.9 Å². The third-order valence-electron chi connectivity index (χ3n) is 6.25. The number of halogens is 2. The summed E-state index contributed by atoms with van der Waals surface area (Å²) in [5.41, 5.74) is 6.59. The molecular weight excluding hydrogens is 443 g/mol. The summed E-state index contributed by atoms with van der Waals surface area (Å²) in [4.78, 5) is 15.1. The quantitative estimate of drug-likeness (QED) is 0.419. The third kappa shape index (κ3) is 4.17. The predicted molar refractivity (Wildman–Crippen MR) is 132 cm³/mol. The van der Waals surface area contributed by atoms with Crippen LogP contribution in [0, 0.1) is 27.7 Å². The minimum atomic E-state index is -0.647. The predicted octanol–water partition coefficient (Wildman–Crippen LogP) is 6.50.